The number of carbonyl (C=O) groups is 1. The Morgan fingerprint density at radius 1 is 2.00 bits per heavy atom. The normalized spacial score (nSPS) is 8.29. The van der Waals surface area contributed by atoms with Crippen LogP contribution in [0.1, 0.15) is 0 Å². The summed E-state index contributed by atoms with van der Waals surface area (Å²) in [5.74, 6) is 0.483. The van der Waals surface area contributed by atoms with E-state index in [4.69, 9.17) is 0 Å². The third-order valence-electron chi connectivity index (χ3n) is 0.473. The van der Waals surface area contributed by atoms with Crippen LogP contribution < -0.4 is 5.32 Å². The molecule has 1 radical (unpaired) electrons. The van der Waals surface area contributed by atoms with Crippen molar-refractivity contribution in [1.29, 1.82) is 0 Å². The second-order valence-electron chi connectivity index (χ2n) is 1.03. The van der Waals surface area contributed by atoms with Crippen molar-refractivity contribution < 1.29 is 4.79 Å². The molecular weight excluding hydrogens is 110 g/mol. The minimum absolute atomic E-state index is 0.0208. The molecule has 0 saturated heterocycles. The van der Waals surface area contributed by atoms with Gasteiger partial charge in [0.15, 0.2) is 0 Å². The molecule has 1 N–H and O–H groups in total. The zero-order valence-corrected chi connectivity index (χ0v) is 5.05. The van der Waals surface area contributed by atoms with Crippen LogP contribution in [-0.2, 0) is 4.79 Å². The zero-order valence-electron chi connectivity index (χ0n) is 4.23. The first-order valence-corrected chi connectivity index (χ1v) is 3.25. The van der Waals surface area contributed by atoms with Crippen molar-refractivity contribution >= 4 is 17.7 Å². The predicted octanol–water partition coefficient (Wildman–Crippen LogP) is 0.257. The zero-order chi connectivity index (χ0) is 5.70. The minimum Gasteiger partial charge on any atom is -0.354 e. The number of amides is 1. The van der Waals surface area contributed by atoms with Gasteiger partial charge in [0, 0.05) is 7.05 Å². The van der Waals surface area contributed by atoms with Gasteiger partial charge in [0.2, 0.25) is 5.91 Å². The molecule has 0 aromatic heterocycles. The lowest BCUT2D eigenvalue weighted by molar-refractivity contribution is -0.117. The lowest BCUT2D eigenvalue weighted by Gasteiger charge is -1.90. The molecule has 0 aliphatic carbocycles. The smallest absolute Gasteiger partial charge is 0.230 e. The lowest BCUT2D eigenvalue weighted by atomic mass is 10.7. The van der Waals surface area contributed by atoms with E-state index in [1.165, 1.54) is 11.8 Å². The highest BCUT2D eigenvalue weighted by Crippen LogP contribution is 1.87. The topological polar surface area (TPSA) is 29.1 Å². The Labute approximate surface area is 47.7 Å². The van der Waals surface area contributed by atoms with Gasteiger partial charge in [-0.25, -0.2) is 0 Å². The maximum atomic E-state index is 10.2. The molecule has 41 valence electrons. The first-order valence-electron chi connectivity index (χ1n) is 1.86. The third-order valence-corrected chi connectivity index (χ3v) is 1.02. The highest BCUT2D eigenvalue weighted by molar-refractivity contribution is 7.99. The Hall–Kier alpha value is -0.180. The van der Waals surface area contributed by atoms with E-state index < -0.39 is 0 Å². The van der Waals surface area contributed by atoms with E-state index in [1.54, 1.807) is 0 Å². The Morgan fingerprint density at radius 2 is 2.57 bits per heavy atom. The van der Waals surface area contributed by atoms with Crippen molar-refractivity contribution in [3.63, 3.8) is 0 Å². The van der Waals surface area contributed by atoms with Gasteiger partial charge in [-0.1, -0.05) is 0 Å². The Kier molecular flexibility index (Phi) is 3.89. The fourth-order valence-corrected chi connectivity index (χ4v) is 0.546. The van der Waals surface area contributed by atoms with Crippen LogP contribution in [-0.4, -0.2) is 17.9 Å². The van der Waals surface area contributed by atoms with Gasteiger partial charge < -0.3 is 5.32 Å². The summed E-state index contributed by atoms with van der Waals surface area (Å²) in [7, 11) is 3.19. The van der Waals surface area contributed by atoms with Crippen molar-refractivity contribution in [2.45, 2.75) is 0 Å². The molecule has 1 amide bonds. The monoisotopic (exact) mass is 118 g/mol. The fourth-order valence-electron chi connectivity index (χ4n) is 0.182. The van der Waals surface area contributed by atoms with Gasteiger partial charge >= 0.3 is 0 Å². The fraction of sp³-hybridized carbons (Fsp3) is 0.500. The molecule has 0 fully saturated rings. The van der Waals surface area contributed by atoms with Crippen LogP contribution >= 0.6 is 11.8 Å². The van der Waals surface area contributed by atoms with E-state index in [9.17, 15) is 4.79 Å². The molecule has 0 aromatic rings. The molecule has 0 aliphatic rings. The average molecular weight is 118 g/mol. The first kappa shape index (κ1) is 6.82. The lowest BCUT2D eigenvalue weighted by Crippen LogP contribution is -2.17. The molecule has 0 saturated carbocycles. The minimum atomic E-state index is -0.0208. The third kappa shape index (κ3) is 3.66. The molecule has 0 spiro atoms. The molecule has 2 nitrogen and oxygen atoms in total. The highest BCUT2D eigenvalue weighted by atomic mass is 32.2. The second kappa shape index (κ2) is 3.99. The van der Waals surface area contributed by atoms with Crippen LogP contribution in [0, 0.1) is 7.05 Å². The van der Waals surface area contributed by atoms with Crippen LogP contribution in [0.25, 0.3) is 0 Å². The molecule has 0 unspecified atom stereocenters. The van der Waals surface area contributed by atoms with E-state index in [0.29, 0.717) is 5.75 Å². The Bertz CT molecular complexity index is 64.7. The standard InChI is InChI=1S/C4H8NOS/c1-5-4(6)3-7-2/h1,3H2,2H3,(H,5,6). The molecule has 0 rings (SSSR count). The summed E-state index contributed by atoms with van der Waals surface area (Å²) in [5.41, 5.74) is 0. The van der Waals surface area contributed by atoms with E-state index in [1.807, 2.05) is 6.26 Å². The molecule has 0 heterocycles. The molecular formula is C4H8NOS. The maximum Gasteiger partial charge on any atom is 0.230 e. The molecule has 0 atom stereocenters. The van der Waals surface area contributed by atoms with Crippen LogP contribution in [0.4, 0.5) is 0 Å². The van der Waals surface area contributed by atoms with Crippen LogP contribution in [0.15, 0.2) is 0 Å². The Balaban J connectivity index is 3.00. The number of hydrogen-bond donors (Lipinski definition) is 1. The summed E-state index contributed by atoms with van der Waals surface area (Å²) < 4.78 is 0. The predicted molar refractivity (Wildman–Crippen MR) is 31.9 cm³/mol. The van der Waals surface area contributed by atoms with Gasteiger partial charge in [0.1, 0.15) is 0 Å². The van der Waals surface area contributed by atoms with Crippen molar-refractivity contribution in [3.8, 4) is 0 Å². The summed E-state index contributed by atoms with van der Waals surface area (Å²) in [6, 6.07) is 0. The number of thioether (sulfide) groups is 1. The van der Waals surface area contributed by atoms with Crippen molar-refractivity contribution in [2.75, 3.05) is 12.0 Å². The maximum absolute atomic E-state index is 10.2. The van der Waals surface area contributed by atoms with E-state index >= 15 is 0 Å². The average Bonchev–Trinajstić information content (AvgIpc) is 1.68. The first-order chi connectivity index (χ1) is 3.31. The van der Waals surface area contributed by atoms with Crippen LogP contribution in [0.5, 0.6) is 0 Å². The van der Waals surface area contributed by atoms with Crippen LogP contribution in [0.2, 0.25) is 0 Å². The molecule has 0 aromatic carbocycles. The van der Waals surface area contributed by atoms with Crippen molar-refractivity contribution in [1.82, 2.24) is 5.32 Å². The second-order valence-corrected chi connectivity index (χ2v) is 1.90. The van der Waals surface area contributed by atoms with Gasteiger partial charge in [0.05, 0.1) is 5.75 Å². The van der Waals surface area contributed by atoms with Crippen LogP contribution in [0.3, 0.4) is 0 Å². The quantitative estimate of drug-likeness (QED) is 0.563. The summed E-state index contributed by atoms with van der Waals surface area (Å²) in [5, 5.41) is 2.26. The molecule has 0 bridgehead atoms. The van der Waals surface area contributed by atoms with Gasteiger partial charge in [-0.15, -0.1) is 0 Å². The largest absolute Gasteiger partial charge is 0.354 e. The molecule has 0 aliphatic heterocycles. The summed E-state index contributed by atoms with van der Waals surface area (Å²) in [4.78, 5) is 10.2. The number of nitrogens with one attached hydrogen (secondary N) is 1. The number of carbonyl (C=O) groups excluding carboxylic acids is 1. The van der Waals surface area contributed by atoms with Gasteiger partial charge in [-0.2, -0.15) is 11.8 Å². The van der Waals surface area contributed by atoms with Gasteiger partial charge in [-0.3, -0.25) is 4.79 Å². The summed E-state index contributed by atoms with van der Waals surface area (Å²) in [6.07, 6.45) is 1.87. The molecule has 7 heavy (non-hydrogen) atoms. The van der Waals surface area contributed by atoms with E-state index in [-0.39, 0.29) is 5.91 Å². The number of rotatable bonds is 2. The Morgan fingerprint density at radius 3 is 2.71 bits per heavy atom. The van der Waals surface area contributed by atoms with Gasteiger partial charge in [0.25, 0.3) is 0 Å². The molecule has 3 heteroatoms. The van der Waals surface area contributed by atoms with E-state index in [0.717, 1.165) is 0 Å². The van der Waals surface area contributed by atoms with E-state index in [2.05, 4.69) is 12.4 Å². The van der Waals surface area contributed by atoms with Crippen molar-refractivity contribution in [2.24, 2.45) is 0 Å². The SMILES string of the molecule is [CH2]NC(=O)CSC. The van der Waals surface area contributed by atoms with Crippen molar-refractivity contribution in [3.05, 3.63) is 7.05 Å². The summed E-state index contributed by atoms with van der Waals surface area (Å²) >= 11 is 1.48. The van der Waals surface area contributed by atoms with Gasteiger partial charge in [-0.05, 0) is 6.26 Å². The highest BCUT2D eigenvalue weighted by Gasteiger charge is 1.90. The number of hydrogen-bond acceptors (Lipinski definition) is 2. The summed E-state index contributed by atoms with van der Waals surface area (Å²) in [6.45, 7) is 0.